The summed E-state index contributed by atoms with van der Waals surface area (Å²) in [5.41, 5.74) is 1.92. The maximum Gasteiger partial charge on any atom is 0.238 e. The number of thioether (sulfide) groups is 1. The molecule has 2 amide bonds. The second-order valence-corrected chi connectivity index (χ2v) is 9.43. The van der Waals surface area contributed by atoms with Crippen molar-refractivity contribution in [3.8, 4) is 5.75 Å². The van der Waals surface area contributed by atoms with Gasteiger partial charge in [0.25, 0.3) is 0 Å². The normalized spacial score (nSPS) is 17.0. The average molecular weight is 514 g/mol. The van der Waals surface area contributed by atoms with Crippen molar-refractivity contribution in [3.05, 3.63) is 88.4 Å². The Balaban J connectivity index is 1.62. The fourth-order valence-corrected chi connectivity index (χ4v) is 4.81. The maximum atomic E-state index is 13.2. The predicted molar refractivity (Wildman–Crippen MR) is 138 cm³/mol. The molecule has 0 spiro atoms. The Morgan fingerprint density at radius 3 is 2.41 bits per heavy atom. The monoisotopic (exact) mass is 513 g/mol. The molecule has 9 heteroatoms. The molecule has 0 saturated carbocycles. The number of halogens is 2. The van der Waals surface area contributed by atoms with E-state index in [1.807, 2.05) is 18.2 Å². The quantitative estimate of drug-likeness (QED) is 0.428. The van der Waals surface area contributed by atoms with Crippen molar-refractivity contribution in [1.82, 2.24) is 4.90 Å². The van der Waals surface area contributed by atoms with Gasteiger partial charge >= 0.3 is 0 Å². The van der Waals surface area contributed by atoms with E-state index < -0.39 is 5.25 Å². The number of anilines is 1. The Kier molecular flexibility index (Phi) is 7.77. The molecule has 1 aliphatic rings. The third-order valence-corrected chi connectivity index (χ3v) is 7.03. The number of para-hydroxylation sites is 1. The molecule has 174 valence electrons. The topological polar surface area (TPSA) is 71.0 Å². The Bertz CT molecular complexity index is 1230. The van der Waals surface area contributed by atoms with E-state index in [9.17, 15) is 9.59 Å². The molecular weight excluding hydrogens is 493 g/mol. The van der Waals surface area contributed by atoms with Gasteiger partial charge in [0.05, 0.1) is 30.1 Å². The number of rotatable bonds is 6. The van der Waals surface area contributed by atoms with E-state index in [0.29, 0.717) is 32.3 Å². The first-order valence-electron chi connectivity index (χ1n) is 10.4. The zero-order valence-electron chi connectivity index (χ0n) is 18.2. The number of nitrogens with zero attached hydrogens (tertiary/aromatic N) is 2. The van der Waals surface area contributed by atoms with Crippen LogP contribution in [0.5, 0.6) is 5.75 Å². The lowest BCUT2D eigenvalue weighted by molar-refractivity contribution is -0.129. The highest BCUT2D eigenvalue weighted by Crippen LogP contribution is 2.33. The maximum absolute atomic E-state index is 13.2. The van der Waals surface area contributed by atoms with Crippen LogP contribution in [0.15, 0.2) is 77.8 Å². The summed E-state index contributed by atoms with van der Waals surface area (Å²) in [6.45, 7) is 0.249. The molecule has 0 bridgehead atoms. The smallest absolute Gasteiger partial charge is 0.238 e. The molecule has 4 rings (SSSR count). The van der Waals surface area contributed by atoms with Gasteiger partial charge in [-0.15, -0.1) is 0 Å². The molecule has 3 aromatic carbocycles. The van der Waals surface area contributed by atoms with Gasteiger partial charge in [-0.05, 0) is 48.0 Å². The van der Waals surface area contributed by atoms with Crippen LogP contribution in [0.2, 0.25) is 10.0 Å². The van der Waals surface area contributed by atoms with Gasteiger partial charge in [0.15, 0.2) is 5.17 Å². The number of hydrogen-bond acceptors (Lipinski definition) is 5. The summed E-state index contributed by atoms with van der Waals surface area (Å²) < 4.78 is 5.21. The summed E-state index contributed by atoms with van der Waals surface area (Å²) in [5.74, 6) is 0.165. The number of aliphatic imine (C=N–C) groups is 1. The number of amides is 2. The second-order valence-electron chi connectivity index (χ2n) is 7.44. The highest BCUT2D eigenvalue weighted by Gasteiger charge is 2.36. The van der Waals surface area contributed by atoms with Crippen LogP contribution in [0.4, 0.5) is 11.4 Å². The van der Waals surface area contributed by atoms with Crippen molar-refractivity contribution in [1.29, 1.82) is 0 Å². The molecule has 1 N–H and O–H groups in total. The van der Waals surface area contributed by atoms with Crippen LogP contribution in [0.25, 0.3) is 0 Å². The van der Waals surface area contributed by atoms with Crippen molar-refractivity contribution in [2.45, 2.75) is 18.2 Å². The van der Waals surface area contributed by atoms with Gasteiger partial charge in [-0.1, -0.05) is 65.3 Å². The Hall–Kier alpha value is -3.00. The molecule has 0 radical (unpaired) electrons. The largest absolute Gasteiger partial charge is 0.497 e. The molecule has 1 saturated heterocycles. The lowest BCUT2D eigenvalue weighted by Crippen LogP contribution is -2.44. The number of amidine groups is 1. The number of nitrogens with one attached hydrogen (secondary N) is 1. The van der Waals surface area contributed by atoms with Crippen LogP contribution in [0, 0.1) is 0 Å². The van der Waals surface area contributed by atoms with E-state index in [1.54, 1.807) is 66.6 Å². The van der Waals surface area contributed by atoms with Crippen molar-refractivity contribution >= 4 is 63.3 Å². The highest BCUT2D eigenvalue weighted by molar-refractivity contribution is 8.15. The Labute approximate surface area is 211 Å². The van der Waals surface area contributed by atoms with Crippen LogP contribution in [0.1, 0.15) is 12.0 Å². The van der Waals surface area contributed by atoms with Crippen LogP contribution < -0.4 is 10.1 Å². The van der Waals surface area contributed by atoms with Crippen LogP contribution >= 0.6 is 35.0 Å². The molecule has 6 nitrogen and oxygen atoms in total. The number of methoxy groups -OCH3 is 1. The number of benzene rings is 3. The van der Waals surface area contributed by atoms with Crippen LogP contribution in [0.3, 0.4) is 0 Å². The molecule has 1 fully saturated rings. The van der Waals surface area contributed by atoms with Gasteiger partial charge in [-0.2, -0.15) is 0 Å². The second kappa shape index (κ2) is 11.0. The third-order valence-electron chi connectivity index (χ3n) is 5.15. The van der Waals surface area contributed by atoms with Crippen molar-refractivity contribution in [2.75, 3.05) is 12.4 Å². The standard InChI is InChI=1S/C25H21Cl2N3O3S/c1-33-18-12-10-17(11-13-18)28-25-30(15-16-6-2-3-7-19(16)26)23(31)14-22(34-25)24(32)29-21-9-5-4-8-20(21)27/h2-13,22H,14-15H2,1H3,(H,29,32)/t22-/m0/s1. The molecule has 0 aliphatic carbocycles. The van der Waals surface area contributed by atoms with Crippen LogP contribution in [-0.2, 0) is 16.1 Å². The fraction of sp³-hybridized carbons (Fsp3) is 0.160. The first kappa shape index (κ1) is 24.1. The van der Waals surface area contributed by atoms with Crippen molar-refractivity contribution in [3.63, 3.8) is 0 Å². The molecule has 1 atom stereocenters. The SMILES string of the molecule is COc1ccc(N=C2S[C@H](C(=O)Nc3ccccc3Cl)CC(=O)N2Cc2ccccc2Cl)cc1. The minimum atomic E-state index is -0.664. The predicted octanol–water partition coefficient (Wildman–Crippen LogP) is 6.16. The van der Waals surface area contributed by atoms with Gasteiger partial charge < -0.3 is 10.1 Å². The Morgan fingerprint density at radius 2 is 1.74 bits per heavy atom. The number of hydrogen-bond donors (Lipinski definition) is 1. The summed E-state index contributed by atoms with van der Waals surface area (Å²) in [5, 5.41) is 3.56. The third kappa shape index (κ3) is 5.73. The molecule has 0 aromatic heterocycles. The highest BCUT2D eigenvalue weighted by atomic mass is 35.5. The average Bonchev–Trinajstić information content (AvgIpc) is 2.84. The van der Waals surface area contributed by atoms with E-state index in [1.165, 1.54) is 11.8 Å². The zero-order chi connectivity index (χ0) is 24.1. The molecular formula is C25H21Cl2N3O3S. The van der Waals surface area contributed by atoms with Crippen molar-refractivity contribution < 1.29 is 14.3 Å². The fourth-order valence-electron chi connectivity index (χ4n) is 3.34. The molecule has 0 unspecified atom stereocenters. The van der Waals surface area contributed by atoms with Gasteiger partial charge in [-0.25, -0.2) is 4.99 Å². The summed E-state index contributed by atoms with van der Waals surface area (Å²) in [6, 6.07) is 21.5. The molecule has 3 aromatic rings. The van der Waals surface area contributed by atoms with E-state index in [-0.39, 0.29) is 24.8 Å². The first-order valence-corrected chi connectivity index (χ1v) is 12.1. The van der Waals surface area contributed by atoms with E-state index >= 15 is 0 Å². The van der Waals surface area contributed by atoms with E-state index in [0.717, 1.165) is 5.56 Å². The van der Waals surface area contributed by atoms with Crippen molar-refractivity contribution in [2.24, 2.45) is 4.99 Å². The number of carbonyl (C=O) groups is 2. The van der Waals surface area contributed by atoms with Gasteiger partial charge in [0.1, 0.15) is 11.0 Å². The summed E-state index contributed by atoms with van der Waals surface area (Å²) in [7, 11) is 1.59. The van der Waals surface area contributed by atoms with E-state index in [2.05, 4.69) is 10.3 Å². The molecule has 1 heterocycles. The van der Waals surface area contributed by atoms with E-state index in [4.69, 9.17) is 27.9 Å². The lowest BCUT2D eigenvalue weighted by Gasteiger charge is -2.32. The summed E-state index contributed by atoms with van der Waals surface area (Å²) >= 11 is 13.8. The summed E-state index contributed by atoms with van der Waals surface area (Å²) in [6.07, 6.45) is 0.0209. The molecule has 1 aliphatic heterocycles. The van der Waals surface area contributed by atoms with Gasteiger partial charge in [-0.3, -0.25) is 14.5 Å². The zero-order valence-corrected chi connectivity index (χ0v) is 20.5. The molecule has 34 heavy (non-hydrogen) atoms. The van der Waals surface area contributed by atoms with Gasteiger partial charge in [0, 0.05) is 11.4 Å². The minimum absolute atomic E-state index is 0.0209. The first-order chi connectivity index (χ1) is 16.4. The number of ether oxygens (including phenoxy) is 1. The number of carbonyl (C=O) groups excluding carboxylic acids is 2. The van der Waals surface area contributed by atoms with Crippen LogP contribution in [-0.4, -0.2) is 34.2 Å². The summed E-state index contributed by atoms with van der Waals surface area (Å²) in [4.78, 5) is 32.5. The lowest BCUT2D eigenvalue weighted by atomic mass is 10.2. The minimum Gasteiger partial charge on any atom is -0.497 e. The van der Waals surface area contributed by atoms with Gasteiger partial charge in [0.2, 0.25) is 11.8 Å². The Morgan fingerprint density at radius 1 is 1.06 bits per heavy atom.